The quantitative estimate of drug-likeness (QED) is 0.738. The predicted molar refractivity (Wildman–Crippen MR) is 94.5 cm³/mol. The van der Waals surface area contributed by atoms with Crippen LogP contribution in [-0.4, -0.2) is 35.9 Å². The Labute approximate surface area is 155 Å². The number of amides is 1. The smallest absolute Gasteiger partial charge is 0.265 e. The number of hydrogen-bond acceptors (Lipinski definition) is 7. The molecule has 4 rings (SSSR count). The number of carbonyl (C=O) groups excluding carboxylic acids is 1. The molecule has 0 saturated heterocycles. The minimum atomic E-state index is -0.735. The van der Waals surface area contributed by atoms with Crippen LogP contribution in [0.2, 0.25) is 0 Å². The molecular formula is C19H17N3O5. The van der Waals surface area contributed by atoms with Crippen molar-refractivity contribution in [1.82, 2.24) is 15.5 Å². The van der Waals surface area contributed by atoms with Gasteiger partial charge < -0.3 is 24.1 Å². The first-order valence-electron chi connectivity index (χ1n) is 8.36. The maximum absolute atomic E-state index is 12.3. The molecule has 2 heterocycles. The average molecular weight is 367 g/mol. The lowest BCUT2D eigenvalue weighted by atomic mass is 10.2. The summed E-state index contributed by atoms with van der Waals surface area (Å²) in [5.41, 5.74) is 0.760. The van der Waals surface area contributed by atoms with Crippen LogP contribution in [0.5, 0.6) is 17.2 Å². The molecule has 0 radical (unpaired) electrons. The highest BCUT2D eigenvalue weighted by Gasteiger charge is 2.27. The molecule has 0 fully saturated rings. The third-order valence-corrected chi connectivity index (χ3v) is 4.01. The third-order valence-electron chi connectivity index (χ3n) is 4.01. The van der Waals surface area contributed by atoms with E-state index in [1.807, 2.05) is 30.3 Å². The lowest BCUT2D eigenvalue weighted by Crippen LogP contribution is -2.43. The SMILES string of the molecule is COc1cccc(-c2noc(CNC(=O)[C@H]3COc4ccccc4O3)n2)c1. The first-order valence-corrected chi connectivity index (χ1v) is 8.36. The summed E-state index contributed by atoms with van der Waals surface area (Å²) in [5.74, 6) is 2.26. The topological polar surface area (TPSA) is 95.7 Å². The largest absolute Gasteiger partial charge is 0.497 e. The first-order chi connectivity index (χ1) is 13.2. The van der Waals surface area contributed by atoms with Gasteiger partial charge in [0.2, 0.25) is 17.8 Å². The molecule has 1 aromatic heterocycles. The molecular weight excluding hydrogens is 350 g/mol. The van der Waals surface area contributed by atoms with Crippen molar-refractivity contribution in [2.45, 2.75) is 12.6 Å². The average Bonchev–Trinajstić information content (AvgIpc) is 3.21. The summed E-state index contributed by atoms with van der Waals surface area (Å²) in [5, 5.41) is 6.66. The van der Waals surface area contributed by atoms with E-state index in [1.54, 1.807) is 25.3 Å². The highest BCUT2D eigenvalue weighted by Crippen LogP contribution is 2.30. The molecule has 1 amide bonds. The highest BCUT2D eigenvalue weighted by molar-refractivity contribution is 5.81. The Morgan fingerprint density at radius 1 is 1.22 bits per heavy atom. The Morgan fingerprint density at radius 3 is 2.93 bits per heavy atom. The van der Waals surface area contributed by atoms with Crippen LogP contribution in [0.1, 0.15) is 5.89 Å². The number of ether oxygens (including phenoxy) is 3. The summed E-state index contributed by atoms with van der Waals surface area (Å²) >= 11 is 0. The molecule has 0 aliphatic carbocycles. The number of nitrogens with zero attached hydrogens (tertiary/aromatic N) is 2. The molecule has 1 aliphatic rings. The summed E-state index contributed by atoms with van der Waals surface area (Å²) in [6.45, 7) is 0.235. The zero-order valence-electron chi connectivity index (χ0n) is 14.5. The normalized spacial score (nSPS) is 15.2. The number of fused-ring (bicyclic) bond motifs is 1. The van der Waals surface area contributed by atoms with Gasteiger partial charge in [0.05, 0.1) is 13.7 Å². The van der Waals surface area contributed by atoms with Crippen molar-refractivity contribution < 1.29 is 23.5 Å². The van der Waals surface area contributed by atoms with E-state index < -0.39 is 6.10 Å². The number of para-hydroxylation sites is 2. The number of benzene rings is 2. The summed E-state index contributed by atoms with van der Waals surface area (Å²) in [6.07, 6.45) is -0.735. The second-order valence-electron chi connectivity index (χ2n) is 5.83. The molecule has 1 atom stereocenters. The third kappa shape index (κ3) is 3.69. The van der Waals surface area contributed by atoms with Gasteiger partial charge in [0.25, 0.3) is 5.91 Å². The first kappa shape index (κ1) is 16.9. The van der Waals surface area contributed by atoms with Crippen molar-refractivity contribution in [2.75, 3.05) is 13.7 Å². The van der Waals surface area contributed by atoms with Crippen LogP contribution < -0.4 is 19.5 Å². The van der Waals surface area contributed by atoms with Crippen LogP contribution in [-0.2, 0) is 11.3 Å². The number of hydrogen-bond donors (Lipinski definition) is 1. The number of rotatable bonds is 5. The molecule has 3 aromatic rings. The fraction of sp³-hybridized carbons (Fsp3) is 0.211. The number of nitrogens with one attached hydrogen (secondary N) is 1. The molecule has 0 bridgehead atoms. The Bertz CT molecular complexity index is 956. The van der Waals surface area contributed by atoms with Gasteiger partial charge in [0.15, 0.2) is 11.5 Å². The molecule has 8 nitrogen and oxygen atoms in total. The van der Waals surface area contributed by atoms with Crippen molar-refractivity contribution in [3.8, 4) is 28.6 Å². The second-order valence-corrected chi connectivity index (χ2v) is 5.83. The fourth-order valence-corrected chi connectivity index (χ4v) is 2.63. The van der Waals surface area contributed by atoms with Gasteiger partial charge in [0.1, 0.15) is 12.4 Å². The minimum absolute atomic E-state index is 0.0946. The Balaban J connectivity index is 1.37. The van der Waals surface area contributed by atoms with Gasteiger partial charge in [-0.25, -0.2) is 0 Å². The summed E-state index contributed by atoms with van der Waals surface area (Å²) in [7, 11) is 1.59. The molecule has 0 saturated carbocycles. The molecule has 0 unspecified atom stereocenters. The van der Waals surface area contributed by atoms with Crippen molar-refractivity contribution in [3.05, 3.63) is 54.4 Å². The van der Waals surface area contributed by atoms with Crippen LogP contribution in [0.3, 0.4) is 0 Å². The van der Waals surface area contributed by atoms with Crippen molar-refractivity contribution >= 4 is 5.91 Å². The molecule has 1 N–H and O–H groups in total. The zero-order chi connectivity index (χ0) is 18.6. The number of methoxy groups -OCH3 is 1. The molecule has 0 spiro atoms. The highest BCUT2D eigenvalue weighted by atomic mass is 16.6. The van der Waals surface area contributed by atoms with Crippen molar-refractivity contribution in [2.24, 2.45) is 0 Å². The van der Waals surface area contributed by atoms with Crippen molar-refractivity contribution in [1.29, 1.82) is 0 Å². The molecule has 1 aliphatic heterocycles. The lowest BCUT2D eigenvalue weighted by Gasteiger charge is -2.25. The Hall–Kier alpha value is -3.55. The molecule has 2 aromatic carbocycles. The fourth-order valence-electron chi connectivity index (χ4n) is 2.63. The standard InChI is InChI=1S/C19H17N3O5/c1-24-13-6-4-5-12(9-13)18-21-17(27-22-18)10-20-19(23)16-11-25-14-7-2-3-8-15(14)26-16/h2-9,16H,10-11H2,1H3,(H,20,23)/t16-/m1/s1. The van der Waals surface area contributed by atoms with Crippen LogP contribution in [0.4, 0.5) is 0 Å². The van der Waals surface area contributed by atoms with E-state index in [9.17, 15) is 4.79 Å². The summed E-state index contributed by atoms with van der Waals surface area (Å²) in [6, 6.07) is 14.5. The number of carbonyl (C=O) groups is 1. The Kier molecular flexibility index (Phi) is 4.61. The summed E-state index contributed by atoms with van der Waals surface area (Å²) < 4.78 is 21.6. The minimum Gasteiger partial charge on any atom is -0.497 e. The number of aromatic nitrogens is 2. The van der Waals surface area contributed by atoms with Crippen LogP contribution in [0.25, 0.3) is 11.4 Å². The maximum Gasteiger partial charge on any atom is 0.265 e. The van der Waals surface area contributed by atoms with E-state index in [2.05, 4.69) is 15.5 Å². The van der Waals surface area contributed by atoms with Gasteiger partial charge in [-0.05, 0) is 24.3 Å². The maximum atomic E-state index is 12.3. The Morgan fingerprint density at radius 2 is 2.07 bits per heavy atom. The zero-order valence-corrected chi connectivity index (χ0v) is 14.5. The molecule has 138 valence electrons. The van der Waals surface area contributed by atoms with E-state index in [0.717, 1.165) is 5.56 Å². The molecule has 27 heavy (non-hydrogen) atoms. The van der Waals surface area contributed by atoms with E-state index >= 15 is 0 Å². The predicted octanol–water partition coefficient (Wildman–Crippen LogP) is 2.20. The van der Waals surface area contributed by atoms with E-state index in [-0.39, 0.29) is 19.1 Å². The van der Waals surface area contributed by atoms with Gasteiger partial charge in [-0.2, -0.15) is 4.98 Å². The van der Waals surface area contributed by atoms with E-state index in [1.165, 1.54) is 0 Å². The van der Waals surface area contributed by atoms with Crippen LogP contribution in [0.15, 0.2) is 53.1 Å². The second kappa shape index (κ2) is 7.36. The van der Waals surface area contributed by atoms with E-state index in [4.69, 9.17) is 18.7 Å². The van der Waals surface area contributed by atoms with E-state index in [0.29, 0.717) is 29.0 Å². The molecule has 8 heteroatoms. The summed E-state index contributed by atoms with van der Waals surface area (Å²) in [4.78, 5) is 16.6. The van der Waals surface area contributed by atoms with Crippen LogP contribution in [0, 0.1) is 0 Å². The van der Waals surface area contributed by atoms with Crippen molar-refractivity contribution in [3.63, 3.8) is 0 Å². The van der Waals surface area contributed by atoms with Gasteiger partial charge >= 0.3 is 0 Å². The van der Waals surface area contributed by atoms with Crippen LogP contribution >= 0.6 is 0 Å². The van der Waals surface area contributed by atoms with Gasteiger partial charge in [-0.3, -0.25) is 4.79 Å². The van der Waals surface area contributed by atoms with Gasteiger partial charge in [-0.15, -0.1) is 0 Å². The lowest BCUT2D eigenvalue weighted by molar-refractivity contribution is -0.130. The monoisotopic (exact) mass is 367 g/mol. The van der Waals surface area contributed by atoms with Gasteiger partial charge in [-0.1, -0.05) is 29.4 Å². The van der Waals surface area contributed by atoms with Gasteiger partial charge in [0, 0.05) is 5.56 Å².